The van der Waals surface area contributed by atoms with Crippen molar-refractivity contribution in [2.45, 2.75) is 33.2 Å². The van der Waals surface area contributed by atoms with Crippen LogP contribution in [0.25, 0.3) is 10.4 Å². The van der Waals surface area contributed by atoms with Crippen molar-refractivity contribution < 1.29 is 8.78 Å². The van der Waals surface area contributed by atoms with E-state index in [0.29, 0.717) is 11.5 Å². The van der Waals surface area contributed by atoms with Crippen LogP contribution in [0.15, 0.2) is 30.3 Å². The molecule has 21 heavy (non-hydrogen) atoms. The molecular formula is C17H21F2NS. The van der Waals surface area contributed by atoms with E-state index in [1.165, 1.54) is 17.0 Å². The Hall–Kier alpha value is -1.26. The number of halogens is 2. The first-order valence-corrected chi connectivity index (χ1v) is 8.12. The average Bonchev–Trinajstić information content (AvgIpc) is 2.87. The van der Waals surface area contributed by atoms with Crippen molar-refractivity contribution in [1.29, 1.82) is 0 Å². The van der Waals surface area contributed by atoms with Crippen LogP contribution >= 0.6 is 11.3 Å². The number of benzene rings is 1. The largest absolute Gasteiger partial charge is 0.309 e. The van der Waals surface area contributed by atoms with E-state index in [1.807, 2.05) is 6.07 Å². The predicted octanol–water partition coefficient (Wildman–Crippen LogP) is 5.39. The lowest BCUT2D eigenvalue weighted by atomic mass is 10.0. The Labute approximate surface area is 129 Å². The molecule has 1 heterocycles. The summed E-state index contributed by atoms with van der Waals surface area (Å²) in [4.78, 5) is 2.10. The molecule has 0 saturated heterocycles. The van der Waals surface area contributed by atoms with Gasteiger partial charge in [-0.15, -0.1) is 11.3 Å². The number of hydrogen-bond acceptors (Lipinski definition) is 2. The van der Waals surface area contributed by atoms with Gasteiger partial charge in [-0.3, -0.25) is 0 Å². The molecule has 0 radical (unpaired) electrons. The van der Waals surface area contributed by atoms with E-state index in [1.54, 1.807) is 11.3 Å². The average molecular weight is 309 g/mol. The van der Waals surface area contributed by atoms with Crippen LogP contribution in [0.2, 0.25) is 0 Å². The summed E-state index contributed by atoms with van der Waals surface area (Å²) >= 11 is 1.59. The number of nitrogens with one attached hydrogen (secondary N) is 1. The molecule has 0 saturated carbocycles. The van der Waals surface area contributed by atoms with Gasteiger partial charge in [0.05, 0.1) is 0 Å². The van der Waals surface area contributed by atoms with Crippen LogP contribution in [0.3, 0.4) is 0 Å². The second-order valence-electron chi connectivity index (χ2n) is 5.54. The number of hydrogen-bond donors (Lipinski definition) is 1. The summed E-state index contributed by atoms with van der Waals surface area (Å²) in [5.74, 6) is -0.610. The van der Waals surface area contributed by atoms with Crippen molar-refractivity contribution in [2.24, 2.45) is 5.92 Å². The van der Waals surface area contributed by atoms with E-state index in [-0.39, 0.29) is 6.04 Å². The summed E-state index contributed by atoms with van der Waals surface area (Å²) in [7, 11) is 0. The third-order valence-electron chi connectivity index (χ3n) is 3.36. The highest BCUT2D eigenvalue weighted by Gasteiger charge is 2.17. The van der Waals surface area contributed by atoms with E-state index in [9.17, 15) is 8.78 Å². The molecule has 0 aliphatic carbocycles. The molecule has 0 aliphatic heterocycles. The molecule has 0 aliphatic rings. The third kappa shape index (κ3) is 4.11. The molecule has 1 aromatic carbocycles. The summed E-state index contributed by atoms with van der Waals surface area (Å²) in [6.45, 7) is 7.45. The van der Waals surface area contributed by atoms with Crippen molar-refractivity contribution >= 4 is 11.3 Å². The zero-order valence-electron chi connectivity index (χ0n) is 12.6. The van der Waals surface area contributed by atoms with Crippen molar-refractivity contribution in [2.75, 3.05) is 6.54 Å². The maximum absolute atomic E-state index is 13.3. The quantitative estimate of drug-likeness (QED) is 0.754. The van der Waals surface area contributed by atoms with Gasteiger partial charge in [-0.1, -0.05) is 20.8 Å². The van der Waals surface area contributed by atoms with Gasteiger partial charge in [-0.2, -0.15) is 0 Å². The van der Waals surface area contributed by atoms with E-state index in [2.05, 4.69) is 32.2 Å². The molecule has 1 nitrogen and oxygen atoms in total. The monoisotopic (exact) mass is 309 g/mol. The molecule has 2 aromatic rings. The maximum atomic E-state index is 13.3. The number of thiophene rings is 1. The van der Waals surface area contributed by atoms with Crippen molar-refractivity contribution in [3.8, 4) is 10.4 Å². The first kappa shape index (κ1) is 16.1. The fraction of sp³-hybridized carbons (Fsp3) is 0.412. The van der Waals surface area contributed by atoms with E-state index in [4.69, 9.17) is 0 Å². The van der Waals surface area contributed by atoms with Gasteiger partial charge < -0.3 is 5.32 Å². The molecule has 2 rings (SSSR count). The summed E-state index contributed by atoms with van der Waals surface area (Å²) in [5.41, 5.74) is 0.599. The molecule has 1 atom stereocenters. The summed E-state index contributed by atoms with van der Waals surface area (Å²) < 4.78 is 26.7. The van der Waals surface area contributed by atoms with E-state index >= 15 is 0 Å². The smallest absolute Gasteiger partial charge is 0.126 e. The van der Waals surface area contributed by atoms with Gasteiger partial charge >= 0.3 is 0 Å². The summed E-state index contributed by atoms with van der Waals surface area (Å²) in [6, 6.07) is 7.93. The van der Waals surface area contributed by atoms with Crippen molar-refractivity contribution in [3.05, 3.63) is 46.8 Å². The third-order valence-corrected chi connectivity index (χ3v) is 4.58. The van der Waals surface area contributed by atoms with Crippen molar-refractivity contribution in [1.82, 2.24) is 5.32 Å². The first-order valence-electron chi connectivity index (χ1n) is 7.30. The first-order chi connectivity index (χ1) is 10.0. The Balaban J connectivity index is 2.27. The van der Waals surface area contributed by atoms with Gasteiger partial charge in [0, 0.05) is 21.9 Å². The van der Waals surface area contributed by atoms with E-state index in [0.717, 1.165) is 23.9 Å². The predicted molar refractivity (Wildman–Crippen MR) is 85.5 cm³/mol. The van der Waals surface area contributed by atoms with Gasteiger partial charge in [0.1, 0.15) is 11.6 Å². The highest BCUT2D eigenvalue weighted by atomic mass is 32.1. The number of rotatable bonds is 6. The van der Waals surface area contributed by atoms with Gasteiger partial charge in [-0.25, -0.2) is 8.78 Å². The highest BCUT2D eigenvalue weighted by molar-refractivity contribution is 7.15. The van der Waals surface area contributed by atoms with Gasteiger partial charge in [0.2, 0.25) is 0 Å². The molecule has 0 fully saturated rings. The Morgan fingerprint density at radius 2 is 1.76 bits per heavy atom. The second-order valence-corrected chi connectivity index (χ2v) is 6.65. The molecule has 0 spiro atoms. The Morgan fingerprint density at radius 3 is 2.33 bits per heavy atom. The van der Waals surface area contributed by atoms with Crippen LogP contribution in [-0.2, 0) is 0 Å². The topological polar surface area (TPSA) is 12.0 Å². The van der Waals surface area contributed by atoms with Gasteiger partial charge in [-0.05, 0) is 48.7 Å². The van der Waals surface area contributed by atoms with Crippen LogP contribution in [0.4, 0.5) is 8.78 Å². The zero-order chi connectivity index (χ0) is 15.4. The molecule has 0 amide bonds. The summed E-state index contributed by atoms with van der Waals surface area (Å²) in [6.07, 6.45) is 1.08. The van der Waals surface area contributed by atoms with Crippen LogP contribution < -0.4 is 5.32 Å². The fourth-order valence-corrected chi connectivity index (χ4v) is 3.58. The highest BCUT2D eigenvalue weighted by Crippen LogP contribution is 2.34. The molecular weight excluding hydrogens is 288 g/mol. The van der Waals surface area contributed by atoms with Gasteiger partial charge in [0.15, 0.2) is 0 Å². The van der Waals surface area contributed by atoms with Gasteiger partial charge in [0.25, 0.3) is 0 Å². The van der Waals surface area contributed by atoms with Crippen LogP contribution in [0.5, 0.6) is 0 Å². The lowest BCUT2D eigenvalue weighted by Gasteiger charge is -2.20. The van der Waals surface area contributed by atoms with E-state index < -0.39 is 11.6 Å². The van der Waals surface area contributed by atoms with Crippen LogP contribution in [-0.4, -0.2) is 6.54 Å². The zero-order valence-corrected chi connectivity index (χ0v) is 13.4. The minimum atomic E-state index is -0.538. The normalized spacial score (nSPS) is 12.9. The maximum Gasteiger partial charge on any atom is 0.126 e. The molecule has 0 bridgehead atoms. The lowest BCUT2D eigenvalue weighted by Crippen LogP contribution is -2.25. The second kappa shape index (κ2) is 7.14. The Kier molecular flexibility index (Phi) is 5.48. The molecule has 1 aromatic heterocycles. The Bertz CT molecular complexity index is 572. The Morgan fingerprint density at radius 1 is 1.10 bits per heavy atom. The molecule has 1 unspecified atom stereocenters. The summed E-state index contributed by atoms with van der Waals surface area (Å²) in [5, 5.41) is 3.53. The molecule has 4 heteroatoms. The minimum Gasteiger partial charge on any atom is -0.309 e. The lowest BCUT2D eigenvalue weighted by molar-refractivity contribution is 0.418. The minimum absolute atomic E-state index is 0.280. The molecule has 1 N–H and O–H groups in total. The van der Waals surface area contributed by atoms with Crippen molar-refractivity contribution in [3.63, 3.8) is 0 Å². The molecule has 114 valence electrons. The standard InChI is InChI=1S/C17H21F2NS/c1-4-7-20-17(11(2)3)16-6-5-15(21-16)12-8-13(18)10-14(19)9-12/h5-6,8-11,17,20H,4,7H2,1-3H3. The van der Waals surface area contributed by atoms with Crippen LogP contribution in [0.1, 0.15) is 38.1 Å². The van der Waals surface area contributed by atoms with Crippen LogP contribution in [0, 0.1) is 17.6 Å². The SMILES string of the molecule is CCCNC(c1ccc(-c2cc(F)cc(F)c2)s1)C(C)C. The fourth-order valence-electron chi connectivity index (χ4n) is 2.34.